The second-order valence-corrected chi connectivity index (χ2v) is 10.3. The van der Waals surface area contributed by atoms with Gasteiger partial charge in [0.15, 0.2) is 0 Å². The van der Waals surface area contributed by atoms with E-state index in [9.17, 15) is 15.0 Å². The zero-order chi connectivity index (χ0) is 23.3. The van der Waals surface area contributed by atoms with Crippen LogP contribution in [0, 0.1) is 5.41 Å². The number of fused-ring (bicyclic) bond motifs is 2. The van der Waals surface area contributed by atoms with Gasteiger partial charge in [-0.05, 0) is 49.3 Å². The fraction of sp³-hybridized carbons (Fsp3) is 0.520. The van der Waals surface area contributed by atoms with Crippen LogP contribution in [0.5, 0.6) is 0 Å². The second kappa shape index (κ2) is 8.18. The van der Waals surface area contributed by atoms with Crippen LogP contribution in [0.1, 0.15) is 44.4 Å². The maximum Gasteiger partial charge on any atom is 0.223 e. The number of carbonyl (C=O) groups is 1. The highest BCUT2D eigenvalue weighted by molar-refractivity contribution is 5.88. The highest BCUT2D eigenvalue weighted by atomic mass is 16.3. The molecule has 0 spiro atoms. The minimum absolute atomic E-state index is 0.0170. The maximum atomic E-state index is 12.1. The summed E-state index contributed by atoms with van der Waals surface area (Å²) in [6.07, 6.45) is 3.38. The molecule has 1 fully saturated rings. The Kier molecular flexibility index (Phi) is 5.45. The zero-order valence-electron chi connectivity index (χ0n) is 19.6. The summed E-state index contributed by atoms with van der Waals surface area (Å²) in [6, 6.07) is 7.94. The van der Waals surface area contributed by atoms with E-state index < -0.39 is 6.23 Å². The minimum atomic E-state index is -0.866. The van der Waals surface area contributed by atoms with Crippen molar-refractivity contribution in [3.8, 4) is 11.4 Å². The largest absolute Gasteiger partial charge is 0.394 e. The van der Waals surface area contributed by atoms with Crippen molar-refractivity contribution in [1.29, 1.82) is 0 Å². The van der Waals surface area contributed by atoms with Gasteiger partial charge in [-0.25, -0.2) is 0 Å². The Morgan fingerprint density at radius 2 is 2.12 bits per heavy atom. The molecule has 1 aromatic carbocycles. The summed E-state index contributed by atoms with van der Waals surface area (Å²) < 4.78 is 0. The van der Waals surface area contributed by atoms with Gasteiger partial charge < -0.3 is 25.0 Å². The number of carbonyl (C=O) groups excluding carboxylic acids is 1. The van der Waals surface area contributed by atoms with Crippen LogP contribution in [-0.2, 0) is 17.6 Å². The van der Waals surface area contributed by atoms with E-state index in [1.807, 2.05) is 25.2 Å². The molecule has 8 heteroatoms. The van der Waals surface area contributed by atoms with Crippen molar-refractivity contribution >= 4 is 22.5 Å². The number of rotatable bonds is 6. The van der Waals surface area contributed by atoms with Crippen molar-refractivity contribution in [2.24, 2.45) is 5.41 Å². The van der Waals surface area contributed by atoms with Crippen LogP contribution in [0.4, 0.5) is 5.69 Å². The van der Waals surface area contributed by atoms with E-state index in [1.165, 1.54) is 11.3 Å². The Bertz CT molecular complexity index is 1180. The first-order valence-corrected chi connectivity index (χ1v) is 11.8. The molecule has 1 amide bonds. The topological polar surface area (TPSA) is 108 Å². The van der Waals surface area contributed by atoms with Crippen LogP contribution in [0.2, 0.25) is 0 Å². The van der Waals surface area contributed by atoms with E-state index >= 15 is 0 Å². The maximum absolute atomic E-state index is 12.1. The lowest BCUT2D eigenvalue weighted by molar-refractivity contribution is -0.130. The molecule has 0 radical (unpaired) electrons. The van der Waals surface area contributed by atoms with Crippen LogP contribution in [0.15, 0.2) is 24.3 Å². The van der Waals surface area contributed by atoms with Crippen molar-refractivity contribution in [3.05, 3.63) is 35.5 Å². The zero-order valence-corrected chi connectivity index (χ0v) is 19.6. The van der Waals surface area contributed by atoms with Crippen molar-refractivity contribution in [1.82, 2.24) is 20.1 Å². The molecule has 33 heavy (non-hydrogen) atoms. The Labute approximate surface area is 193 Å². The van der Waals surface area contributed by atoms with E-state index in [4.69, 9.17) is 0 Å². The highest BCUT2D eigenvalue weighted by Gasteiger charge is 2.33. The van der Waals surface area contributed by atoms with Gasteiger partial charge in [0.1, 0.15) is 11.9 Å². The molecular weight excluding hydrogens is 418 g/mol. The molecule has 2 aliphatic rings. The minimum Gasteiger partial charge on any atom is -0.394 e. The van der Waals surface area contributed by atoms with Crippen molar-refractivity contribution in [2.75, 3.05) is 25.1 Å². The fourth-order valence-corrected chi connectivity index (χ4v) is 5.24. The third kappa shape index (κ3) is 4.02. The number of likely N-dealkylation sites (N-methyl/N-ethyl adjacent to an activating group) is 1. The number of anilines is 1. The van der Waals surface area contributed by atoms with E-state index in [0.29, 0.717) is 18.3 Å². The molecule has 2 atom stereocenters. The Morgan fingerprint density at radius 3 is 2.91 bits per heavy atom. The first kappa shape index (κ1) is 22.0. The second-order valence-electron chi connectivity index (χ2n) is 10.3. The quantitative estimate of drug-likeness (QED) is 0.431. The first-order chi connectivity index (χ1) is 15.8. The van der Waals surface area contributed by atoms with Gasteiger partial charge in [0.25, 0.3) is 0 Å². The van der Waals surface area contributed by atoms with Crippen molar-refractivity contribution < 1.29 is 15.0 Å². The van der Waals surface area contributed by atoms with Gasteiger partial charge >= 0.3 is 0 Å². The van der Waals surface area contributed by atoms with Crippen molar-refractivity contribution in [3.63, 3.8) is 0 Å². The van der Waals surface area contributed by atoms with E-state index in [0.717, 1.165) is 47.2 Å². The number of aromatic nitrogens is 3. The number of aliphatic hydroxyl groups excluding tert-OH is 2. The Balaban J connectivity index is 1.37. The number of H-pyrrole nitrogens is 2. The summed E-state index contributed by atoms with van der Waals surface area (Å²) in [5.41, 5.74) is 6.66. The normalized spacial score (nSPS) is 20.9. The Morgan fingerprint density at radius 1 is 1.30 bits per heavy atom. The number of nitrogens with one attached hydrogen (secondary N) is 2. The molecule has 8 nitrogen and oxygen atoms in total. The monoisotopic (exact) mass is 451 g/mol. The lowest BCUT2D eigenvalue weighted by Gasteiger charge is -2.31. The average molecular weight is 452 g/mol. The van der Waals surface area contributed by atoms with Crippen molar-refractivity contribution in [2.45, 2.75) is 58.2 Å². The van der Waals surface area contributed by atoms with Crippen LogP contribution < -0.4 is 4.90 Å². The molecule has 1 saturated heterocycles. The number of benzene rings is 1. The smallest absolute Gasteiger partial charge is 0.223 e. The molecule has 176 valence electrons. The van der Waals surface area contributed by atoms with Gasteiger partial charge in [0.2, 0.25) is 5.91 Å². The van der Waals surface area contributed by atoms with E-state index in [-0.39, 0.29) is 25.1 Å². The molecule has 0 bridgehead atoms. The molecule has 2 aromatic heterocycles. The summed E-state index contributed by atoms with van der Waals surface area (Å²) in [5, 5.41) is 29.3. The molecule has 3 aromatic rings. The van der Waals surface area contributed by atoms with Gasteiger partial charge in [0.05, 0.1) is 24.9 Å². The molecule has 1 aliphatic heterocycles. The SMILES string of the molecule is CN(c1ccc2cc(-c3n[nH]c4c3CCC(C)(C)C4)[nH]c2c1)C(O)CN1C(=O)CC[C@@H]1CO. The third-order valence-corrected chi connectivity index (χ3v) is 7.40. The summed E-state index contributed by atoms with van der Waals surface area (Å²) in [5.74, 6) is -0.0170. The van der Waals surface area contributed by atoms with Crippen LogP contribution >= 0.6 is 0 Å². The summed E-state index contributed by atoms with van der Waals surface area (Å²) >= 11 is 0. The molecular formula is C25H33N5O3. The molecule has 0 saturated carbocycles. The van der Waals surface area contributed by atoms with Gasteiger partial charge in [-0.1, -0.05) is 19.9 Å². The number of hydrogen-bond donors (Lipinski definition) is 4. The molecule has 1 aliphatic carbocycles. The number of aromatic amines is 2. The molecule has 3 heterocycles. The lowest BCUT2D eigenvalue weighted by atomic mass is 9.76. The molecule has 1 unspecified atom stereocenters. The summed E-state index contributed by atoms with van der Waals surface area (Å²) in [6.45, 7) is 4.70. The number of β-amino-alcohol motifs (C(OH)–C–C–N with tert-alkyl or cyclic N) is 1. The van der Waals surface area contributed by atoms with Gasteiger partial charge in [-0.2, -0.15) is 5.10 Å². The summed E-state index contributed by atoms with van der Waals surface area (Å²) in [7, 11) is 1.82. The first-order valence-electron chi connectivity index (χ1n) is 11.8. The van der Waals surface area contributed by atoms with E-state index in [1.54, 1.807) is 9.80 Å². The number of hydrogen-bond acceptors (Lipinski definition) is 5. The fourth-order valence-electron chi connectivity index (χ4n) is 5.24. The number of nitrogens with zero attached hydrogens (tertiary/aromatic N) is 3. The lowest BCUT2D eigenvalue weighted by Crippen LogP contribution is -2.46. The van der Waals surface area contributed by atoms with Crippen LogP contribution in [-0.4, -0.2) is 68.7 Å². The average Bonchev–Trinajstić information content (AvgIpc) is 3.48. The molecule has 5 rings (SSSR count). The Hall–Kier alpha value is -2.84. The van der Waals surface area contributed by atoms with Crippen LogP contribution in [0.3, 0.4) is 0 Å². The van der Waals surface area contributed by atoms with E-state index in [2.05, 4.69) is 35.1 Å². The van der Waals surface area contributed by atoms with Gasteiger partial charge in [0, 0.05) is 41.3 Å². The van der Waals surface area contributed by atoms with Gasteiger partial charge in [-0.3, -0.25) is 9.89 Å². The van der Waals surface area contributed by atoms with Gasteiger partial charge in [-0.15, -0.1) is 0 Å². The number of amides is 1. The number of likely N-dealkylation sites (tertiary alicyclic amines) is 1. The summed E-state index contributed by atoms with van der Waals surface area (Å²) in [4.78, 5) is 19.0. The third-order valence-electron chi connectivity index (χ3n) is 7.40. The number of aliphatic hydroxyl groups is 2. The molecule has 4 N–H and O–H groups in total. The predicted octanol–water partition coefficient (Wildman–Crippen LogP) is 2.81. The standard InChI is InChI=1S/C25H33N5O3/c1-25(2)9-8-18-21(12-25)27-28-24(18)20-10-15-4-5-16(11-19(15)26-20)29(3)23(33)13-30-17(14-31)6-7-22(30)32/h4-5,10-11,17,23,26,31,33H,6-9,12-14H2,1-3H3,(H,27,28)/t17-,23?/m1/s1. The van der Waals surface area contributed by atoms with Crippen LogP contribution in [0.25, 0.3) is 22.3 Å². The highest BCUT2D eigenvalue weighted by Crippen LogP contribution is 2.38. The predicted molar refractivity (Wildman–Crippen MR) is 128 cm³/mol.